The third-order valence-electron chi connectivity index (χ3n) is 3.51. The van der Waals surface area contributed by atoms with E-state index in [0.717, 1.165) is 13.1 Å². The topological polar surface area (TPSA) is 46.6 Å². The molecule has 0 amide bonds. The van der Waals surface area contributed by atoms with Gasteiger partial charge in [0.05, 0.1) is 6.61 Å². The Balaban J connectivity index is 0.00000220. The van der Waals surface area contributed by atoms with Gasteiger partial charge >= 0.3 is 5.97 Å². The molecule has 1 aliphatic heterocycles. The van der Waals surface area contributed by atoms with Crippen LogP contribution >= 0.6 is 12.4 Å². The Morgan fingerprint density at radius 2 is 2.10 bits per heavy atom. The van der Waals surface area contributed by atoms with Crippen LogP contribution in [-0.4, -0.2) is 36.5 Å². The molecule has 1 unspecified atom stereocenters. The average Bonchev–Trinajstić information content (AvgIpc) is 2.48. The number of ether oxygens (including phenoxy) is 1. The molecule has 0 bridgehead atoms. The van der Waals surface area contributed by atoms with E-state index >= 15 is 0 Å². The van der Waals surface area contributed by atoms with Crippen LogP contribution in [0.15, 0.2) is 35.9 Å². The molecule has 1 aliphatic rings. The first kappa shape index (κ1) is 17.4. The highest BCUT2D eigenvalue weighted by Crippen LogP contribution is 2.23. The third-order valence-corrected chi connectivity index (χ3v) is 3.51. The molecule has 2 rings (SSSR count). The van der Waals surface area contributed by atoms with Gasteiger partial charge in [-0.1, -0.05) is 30.3 Å². The van der Waals surface area contributed by atoms with E-state index in [1.54, 1.807) is 6.92 Å². The number of rotatable bonds is 4. The van der Waals surface area contributed by atoms with Crippen LogP contribution in [0.1, 0.15) is 18.9 Å². The molecule has 0 aliphatic carbocycles. The van der Waals surface area contributed by atoms with Gasteiger partial charge in [0.25, 0.3) is 0 Å². The summed E-state index contributed by atoms with van der Waals surface area (Å²) in [5, 5.41) is 0. The number of likely N-dealkylation sites (tertiary alicyclic amines) is 1. The minimum Gasteiger partial charge on any atom is -0.465 e. The van der Waals surface area contributed by atoms with E-state index in [-0.39, 0.29) is 18.4 Å². The molecule has 21 heavy (non-hydrogen) atoms. The highest BCUT2D eigenvalue weighted by molar-refractivity contribution is 5.85. The molecule has 1 saturated heterocycles. The standard InChI is InChI=1S/C16H19NO3.ClH/c1-2-20-16(19)15-11-17(9-8-14(15)12-18)10-13-6-4-3-5-7-13;/h3-7,15H,2,8-11H2,1H3;1H. The summed E-state index contributed by atoms with van der Waals surface area (Å²) in [6.45, 7) is 4.18. The van der Waals surface area contributed by atoms with Gasteiger partial charge in [0.2, 0.25) is 0 Å². The number of piperidine rings is 1. The number of carbonyl (C=O) groups is 1. The zero-order valence-corrected chi connectivity index (χ0v) is 12.9. The minimum absolute atomic E-state index is 0. The molecule has 0 radical (unpaired) electrons. The molecule has 0 aromatic heterocycles. The van der Waals surface area contributed by atoms with Crippen LogP contribution in [-0.2, 0) is 20.9 Å². The highest BCUT2D eigenvalue weighted by Gasteiger charge is 2.31. The predicted molar refractivity (Wildman–Crippen MR) is 82.9 cm³/mol. The zero-order chi connectivity index (χ0) is 14.4. The molecule has 4 nitrogen and oxygen atoms in total. The van der Waals surface area contributed by atoms with Crippen molar-refractivity contribution in [3.05, 3.63) is 41.5 Å². The molecule has 1 atom stereocenters. The second-order valence-corrected chi connectivity index (χ2v) is 4.90. The van der Waals surface area contributed by atoms with E-state index in [9.17, 15) is 9.59 Å². The third kappa shape index (κ3) is 4.71. The van der Waals surface area contributed by atoms with Crippen LogP contribution < -0.4 is 0 Å². The summed E-state index contributed by atoms with van der Waals surface area (Å²) in [5.74, 6) is 1.13. The maximum absolute atomic E-state index is 11.9. The van der Waals surface area contributed by atoms with Crippen molar-refractivity contribution in [2.24, 2.45) is 5.92 Å². The van der Waals surface area contributed by atoms with Gasteiger partial charge in [0, 0.05) is 25.2 Å². The smallest absolute Gasteiger partial charge is 0.315 e. The predicted octanol–water partition coefficient (Wildman–Crippen LogP) is 2.25. The van der Waals surface area contributed by atoms with Crippen molar-refractivity contribution >= 4 is 24.3 Å². The maximum Gasteiger partial charge on any atom is 0.315 e. The average molecular weight is 310 g/mol. The van der Waals surface area contributed by atoms with Crippen molar-refractivity contribution < 1.29 is 14.3 Å². The fourth-order valence-corrected chi connectivity index (χ4v) is 2.48. The normalized spacial score (nSPS) is 18.5. The monoisotopic (exact) mass is 309 g/mol. The number of carbonyl (C=O) groups excluding carboxylic acids is 2. The van der Waals surface area contributed by atoms with Crippen molar-refractivity contribution in [2.45, 2.75) is 19.9 Å². The van der Waals surface area contributed by atoms with Crippen molar-refractivity contribution in [3.8, 4) is 0 Å². The van der Waals surface area contributed by atoms with Gasteiger partial charge in [0.15, 0.2) is 0 Å². The highest BCUT2D eigenvalue weighted by atomic mass is 35.5. The van der Waals surface area contributed by atoms with E-state index in [0.29, 0.717) is 25.1 Å². The number of hydrogen-bond acceptors (Lipinski definition) is 4. The summed E-state index contributed by atoms with van der Waals surface area (Å²) in [4.78, 5) is 25.1. The van der Waals surface area contributed by atoms with Gasteiger partial charge in [-0.05, 0) is 18.9 Å². The SMILES string of the molecule is CCOC(=O)C1CN(Cc2ccccc2)CCC1=C=O.Cl. The number of nitrogens with zero attached hydrogens (tertiary/aromatic N) is 1. The lowest BCUT2D eigenvalue weighted by atomic mass is 9.92. The Hall–Kier alpha value is -1.61. The van der Waals surface area contributed by atoms with Gasteiger partial charge in [-0.3, -0.25) is 9.69 Å². The minimum atomic E-state index is -0.468. The van der Waals surface area contributed by atoms with Gasteiger partial charge in [0.1, 0.15) is 11.9 Å². The molecule has 5 heteroatoms. The van der Waals surface area contributed by atoms with E-state index in [1.165, 1.54) is 5.56 Å². The van der Waals surface area contributed by atoms with Crippen LogP contribution in [0.4, 0.5) is 0 Å². The molecule has 114 valence electrons. The summed E-state index contributed by atoms with van der Waals surface area (Å²) in [7, 11) is 0. The Kier molecular flexibility index (Phi) is 7.17. The second-order valence-electron chi connectivity index (χ2n) is 4.90. The quantitative estimate of drug-likeness (QED) is 0.632. The first-order chi connectivity index (χ1) is 9.74. The van der Waals surface area contributed by atoms with Crippen LogP contribution in [0.2, 0.25) is 0 Å². The molecular formula is C16H20ClNO3. The van der Waals surface area contributed by atoms with E-state index in [2.05, 4.69) is 17.0 Å². The Morgan fingerprint density at radius 3 is 2.71 bits per heavy atom. The van der Waals surface area contributed by atoms with Crippen LogP contribution in [0.25, 0.3) is 0 Å². The van der Waals surface area contributed by atoms with Crippen molar-refractivity contribution in [3.63, 3.8) is 0 Å². The molecule has 0 N–H and O–H groups in total. The maximum atomic E-state index is 11.9. The number of halogens is 1. The molecule has 0 saturated carbocycles. The first-order valence-electron chi connectivity index (χ1n) is 6.91. The van der Waals surface area contributed by atoms with E-state index < -0.39 is 5.92 Å². The summed E-state index contributed by atoms with van der Waals surface area (Å²) < 4.78 is 5.05. The Morgan fingerprint density at radius 1 is 1.38 bits per heavy atom. The summed E-state index contributed by atoms with van der Waals surface area (Å²) >= 11 is 0. The van der Waals surface area contributed by atoms with Crippen LogP contribution in [0.3, 0.4) is 0 Å². The number of benzene rings is 1. The molecule has 1 aromatic carbocycles. The fraction of sp³-hybridized carbons (Fsp3) is 0.438. The van der Waals surface area contributed by atoms with Gasteiger partial charge in [-0.2, -0.15) is 0 Å². The van der Waals surface area contributed by atoms with Crippen LogP contribution in [0, 0.1) is 5.92 Å². The molecule has 1 aromatic rings. The van der Waals surface area contributed by atoms with E-state index in [1.807, 2.05) is 24.1 Å². The molecule has 0 spiro atoms. The van der Waals surface area contributed by atoms with Crippen LogP contribution in [0.5, 0.6) is 0 Å². The fourth-order valence-electron chi connectivity index (χ4n) is 2.48. The largest absolute Gasteiger partial charge is 0.465 e. The van der Waals surface area contributed by atoms with Gasteiger partial charge < -0.3 is 4.74 Å². The Bertz CT molecular complexity index is 512. The lowest BCUT2D eigenvalue weighted by Crippen LogP contribution is -2.40. The Labute approximate surface area is 131 Å². The van der Waals surface area contributed by atoms with Gasteiger partial charge in [-0.15, -0.1) is 12.4 Å². The molecular weight excluding hydrogens is 290 g/mol. The zero-order valence-electron chi connectivity index (χ0n) is 12.1. The summed E-state index contributed by atoms with van der Waals surface area (Å²) in [6.07, 6.45) is 0.583. The number of esters is 1. The van der Waals surface area contributed by atoms with Gasteiger partial charge in [-0.25, -0.2) is 4.79 Å². The number of hydrogen-bond donors (Lipinski definition) is 0. The summed E-state index contributed by atoms with van der Waals surface area (Å²) in [6, 6.07) is 10.1. The second kappa shape index (κ2) is 8.63. The lowest BCUT2D eigenvalue weighted by Gasteiger charge is -2.31. The molecule has 1 fully saturated rings. The lowest BCUT2D eigenvalue weighted by molar-refractivity contribution is -0.147. The summed E-state index contributed by atoms with van der Waals surface area (Å²) in [5.41, 5.74) is 1.74. The van der Waals surface area contributed by atoms with Crippen molar-refractivity contribution in [2.75, 3.05) is 19.7 Å². The van der Waals surface area contributed by atoms with E-state index in [4.69, 9.17) is 4.74 Å². The van der Waals surface area contributed by atoms with Crippen molar-refractivity contribution in [1.29, 1.82) is 0 Å². The van der Waals surface area contributed by atoms with Crippen molar-refractivity contribution in [1.82, 2.24) is 4.90 Å². The molecule has 1 heterocycles. The first-order valence-corrected chi connectivity index (χ1v) is 6.91.